The Hall–Kier alpha value is -4.21. The molecule has 5 nitrogen and oxygen atoms in total. The number of aryl methyl sites for hydroxylation is 2. The van der Waals surface area contributed by atoms with Crippen molar-refractivity contribution in [3.8, 4) is 16.9 Å². The number of halogens is 5. The van der Waals surface area contributed by atoms with E-state index in [0.717, 1.165) is 5.56 Å². The highest BCUT2D eigenvalue weighted by molar-refractivity contribution is 5.86. The van der Waals surface area contributed by atoms with Crippen LogP contribution in [0.1, 0.15) is 70.1 Å². The van der Waals surface area contributed by atoms with E-state index in [1.165, 1.54) is 24.3 Å². The predicted octanol–water partition coefficient (Wildman–Crippen LogP) is 9.25. The van der Waals surface area contributed by atoms with Crippen molar-refractivity contribution in [1.29, 1.82) is 0 Å². The Balaban J connectivity index is 1.59. The summed E-state index contributed by atoms with van der Waals surface area (Å²) in [6, 6.07) is 11.1. The quantitative estimate of drug-likeness (QED) is 0.0713. The topological polar surface area (TPSA) is 61.8 Å². The Labute approximate surface area is 266 Å². The van der Waals surface area contributed by atoms with Gasteiger partial charge in [-0.3, -0.25) is 4.79 Å². The molecule has 0 fully saturated rings. The van der Waals surface area contributed by atoms with Gasteiger partial charge in [0, 0.05) is 11.1 Å². The Morgan fingerprint density at radius 2 is 1.28 bits per heavy atom. The first-order valence-corrected chi connectivity index (χ1v) is 15.0. The smallest absolute Gasteiger partial charge is 0.432 e. The van der Waals surface area contributed by atoms with Crippen molar-refractivity contribution in [2.45, 2.75) is 72.3 Å². The standard InChI is InChI=1S/C36H39F5O5/c1-23(2)33(42)44-18-8-6-10-24-12-15-27(16-13-24)46-36(40,41)32-30(38)21-26(22-31(32)39)28-17-14-25(20-29(28)37)11-7-9-19-45-34(43)35(3,4)5/h12-17,20-22H,1,6-11,18-19H2,2-5H3. The maximum atomic E-state index is 15.0. The summed E-state index contributed by atoms with van der Waals surface area (Å²) >= 11 is 0. The molecule has 0 saturated carbocycles. The molecular formula is C36H39F5O5. The molecule has 0 heterocycles. The van der Waals surface area contributed by atoms with Crippen LogP contribution in [0.4, 0.5) is 22.0 Å². The summed E-state index contributed by atoms with van der Waals surface area (Å²) < 4.78 is 89.7. The van der Waals surface area contributed by atoms with Crippen LogP contribution >= 0.6 is 0 Å². The Morgan fingerprint density at radius 1 is 0.739 bits per heavy atom. The molecule has 0 aliphatic carbocycles. The summed E-state index contributed by atoms with van der Waals surface area (Å²) in [6.07, 6.45) is -0.856. The number of hydrogen-bond donors (Lipinski definition) is 0. The fourth-order valence-corrected chi connectivity index (χ4v) is 4.41. The molecule has 0 saturated heterocycles. The Morgan fingerprint density at radius 3 is 1.83 bits per heavy atom. The van der Waals surface area contributed by atoms with Gasteiger partial charge in [-0.2, -0.15) is 8.78 Å². The molecule has 0 amide bonds. The number of rotatable bonds is 15. The first-order chi connectivity index (χ1) is 21.6. The zero-order valence-electron chi connectivity index (χ0n) is 26.5. The zero-order valence-corrected chi connectivity index (χ0v) is 26.5. The highest BCUT2D eigenvalue weighted by Crippen LogP contribution is 2.37. The second-order valence-corrected chi connectivity index (χ2v) is 12.1. The van der Waals surface area contributed by atoms with E-state index in [2.05, 4.69) is 11.3 Å². The minimum absolute atomic E-state index is 0.152. The van der Waals surface area contributed by atoms with Crippen molar-refractivity contribution in [3.05, 3.63) is 101 Å². The number of unbranched alkanes of at least 4 members (excludes halogenated alkanes) is 2. The Bertz CT molecular complexity index is 1500. The van der Waals surface area contributed by atoms with Crippen molar-refractivity contribution < 1.29 is 45.8 Å². The lowest BCUT2D eigenvalue weighted by Crippen LogP contribution is -2.25. The van der Waals surface area contributed by atoms with Gasteiger partial charge < -0.3 is 14.2 Å². The van der Waals surface area contributed by atoms with E-state index in [9.17, 15) is 31.5 Å². The maximum absolute atomic E-state index is 15.0. The van der Waals surface area contributed by atoms with Gasteiger partial charge in [0.15, 0.2) is 0 Å². The molecule has 10 heteroatoms. The third-order valence-corrected chi connectivity index (χ3v) is 6.99. The fourth-order valence-electron chi connectivity index (χ4n) is 4.41. The monoisotopic (exact) mass is 646 g/mol. The van der Waals surface area contributed by atoms with Crippen molar-refractivity contribution in [2.24, 2.45) is 5.41 Å². The summed E-state index contributed by atoms with van der Waals surface area (Å²) in [4.78, 5) is 23.2. The van der Waals surface area contributed by atoms with Crippen LogP contribution in [0.2, 0.25) is 0 Å². The lowest BCUT2D eigenvalue weighted by molar-refractivity contribution is -0.189. The Kier molecular flexibility index (Phi) is 12.5. The van der Waals surface area contributed by atoms with Crippen LogP contribution in [0.5, 0.6) is 5.75 Å². The lowest BCUT2D eigenvalue weighted by Gasteiger charge is -2.20. The van der Waals surface area contributed by atoms with Crippen LogP contribution in [0.15, 0.2) is 66.7 Å². The normalized spacial score (nSPS) is 11.7. The molecule has 3 aromatic carbocycles. The molecule has 0 radical (unpaired) electrons. The van der Waals surface area contributed by atoms with E-state index in [-0.39, 0.29) is 36.1 Å². The van der Waals surface area contributed by atoms with Crippen molar-refractivity contribution in [3.63, 3.8) is 0 Å². The van der Waals surface area contributed by atoms with Crippen LogP contribution in [0.3, 0.4) is 0 Å². The molecule has 0 spiro atoms. The molecule has 46 heavy (non-hydrogen) atoms. The summed E-state index contributed by atoms with van der Waals surface area (Å²) in [7, 11) is 0. The van der Waals surface area contributed by atoms with Gasteiger partial charge in [-0.15, -0.1) is 0 Å². The van der Waals surface area contributed by atoms with E-state index >= 15 is 0 Å². The van der Waals surface area contributed by atoms with Crippen molar-refractivity contribution in [1.82, 2.24) is 0 Å². The molecule has 0 aliphatic rings. The highest BCUT2D eigenvalue weighted by atomic mass is 19.3. The maximum Gasteiger partial charge on any atom is 0.432 e. The molecular weight excluding hydrogens is 607 g/mol. The number of carbonyl (C=O) groups excluding carboxylic acids is 2. The van der Waals surface area contributed by atoms with Crippen LogP contribution < -0.4 is 4.74 Å². The fraction of sp³-hybridized carbons (Fsp3) is 0.389. The molecule has 248 valence electrons. The van der Waals surface area contributed by atoms with Crippen LogP contribution in [-0.2, 0) is 38.0 Å². The molecule has 0 aliphatic heterocycles. The van der Waals surface area contributed by atoms with E-state index in [4.69, 9.17) is 9.47 Å². The van der Waals surface area contributed by atoms with Crippen LogP contribution in [-0.4, -0.2) is 25.2 Å². The van der Waals surface area contributed by atoms with Gasteiger partial charge >= 0.3 is 18.0 Å². The minimum atomic E-state index is -4.36. The van der Waals surface area contributed by atoms with E-state index in [0.29, 0.717) is 61.8 Å². The highest BCUT2D eigenvalue weighted by Gasteiger charge is 2.41. The van der Waals surface area contributed by atoms with Gasteiger partial charge in [0.1, 0.15) is 28.8 Å². The first kappa shape index (κ1) is 36.3. The molecule has 3 rings (SSSR count). The molecule has 0 unspecified atom stereocenters. The molecule has 0 bridgehead atoms. The second-order valence-electron chi connectivity index (χ2n) is 12.1. The molecule has 0 N–H and O–H groups in total. The van der Waals surface area contributed by atoms with Gasteiger partial charge in [-0.25, -0.2) is 18.0 Å². The zero-order chi connectivity index (χ0) is 34.1. The minimum Gasteiger partial charge on any atom is -0.465 e. The first-order valence-electron chi connectivity index (χ1n) is 15.0. The molecule has 3 aromatic rings. The second kappa shape index (κ2) is 15.9. The summed E-state index contributed by atoms with van der Waals surface area (Å²) in [5.41, 5.74) is -0.848. The molecule has 0 atom stereocenters. The van der Waals surface area contributed by atoms with Gasteiger partial charge in [-0.1, -0.05) is 30.8 Å². The number of hydrogen-bond acceptors (Lipinski definition) is 5. The third-order valence-electron chi connectivity index (χ3n) is 6.99. The molecule has 0 aromatic heterocycles. The number of carbonyl (C=O) groups is 2. The summed E-state index contributed by atoms with van der Waals surface area (Å²) in [5.74, 6) is -5.01. The van der Waals surface area contributed by atoms with Gasteiger partial charge in [0.25, 0.3) is 0 Å². The summed E-state index contributed by atoms with van der Waals surface area (Å²) in [6.45, 7) is 10.8. The van der Waals surface area contributed by atoms with Crippen molar-refractivity contribution >= 4 is 11.9 Å². The van der Waals surface area contributed by atoms with E-state index < -0.39 is 40.5 Å². The SMILES string of the molecule is C=C(C)C(=O)OCCCCc1ccc(OC(F)(F)c2c(F)cc(-c3ccc(CCCCOC(=O)C(C)(C)C)cc3F)cc2F)cc1. The summed E-state index contributed by atoms with van der Waals surface area (Å²) in [5, 5.41) is 0. The van der Waals surface area contributed by atoms with E-state index in [1.54, 1.807) is 45.9 Å². The van der Waals surface area contributed by atoms with Crippen LogP contribution in [0.25, 0.3) is 11.1 Å². The predicted molar refractivity (Wildman–Crippen MR) is 165 cm³/mol. The lowest BCUT2D eigenvalue weighted by atomic mass is 9.97. The largest absolute Gasteiger partial charge is 0.465 e. The number of esters is 2. The van der Waals surface area contributed by atoms with Gasteiger partial charge in [-0.05, 0) is 113 Å². The van der Waals surface area contributed by atoms with E-state index in [1.807, 2.05) is 0 Å². The van der Waals surface area contributed by atoms with Crippen molar-refractivity contribution in [2.75, 3.05) is 13.2 Å². The number of ether oxygens (including phenoxy) is 3. The number of alkyl halides is 2. The van der Waals surface area contributed by atoms with Crippen LogP contribution in [0, 0.1) is 22.9 Å². The third kappa shape index (κ3) is 10.4. The average molecular weight is 647 g/mol. The average Bonchev–Trinajstić information content (AvgIpc) is 2.96. The van der Waals surface area contributed by atoms with Gasteiger partial charge in [0.05, 0.1) is 18.6 Å². The number of benzene rings is 3. The van der Waals surface area contributed by atoms with Gasteiger partial charge in [0.2, 0.25) is 0 Å².